The fourth-order valence-electron chi connectivity index (χ4n) is 10.9. The van der Waals surface area contributed by atoms with Gasteiger partial charge in [0.05, 0.1) is 31.0 Å². The van der Waals surface area contributed by atoms with Crippen LogP contribution in [-0.4, -0.2) is 133 Å². The maximum atomic E-state index is 12.5. The van der Waals surface area contributed by atoms with Gasteiger partial charge in [-0.05, 0) is 19.4 Å². The van der Waals surface area contributed by atoms with E-state index in [4.69, 9.17) is 18.9 Å². The fourth-order valence-corrected chi connectivity index (χ4v) is 10.9. The van der Waals surface area contributed by atoms with E-state index in [2.05, 4.69) is 4.90 Å². The Kier molecular flexibility index (Phi) is 5.02. The molecule has 10 nitrogen and oxygen atoms in total. The quantitative estimate of drug-likeness (QED) is 0.292. The van der Waals surface area contributed by atoms with Crippen LogP contribution in [0.5, 0.6) is 0 Å². The number of hydrogen-bond acceptors (Lipinski definition) is 10. The van der Waals surface area contributed by atoms with Gasteiger partial charge in [0, 0.05) is 76.0 Å². The third-order valence-electron chi connectivity index (χ3n) is 11.4. The van der Waals surface area contributed by atoms with Crippen LogP contribution in [0.15, 0.2) is 0 Å². The summed E-state index contributed by atoms with van der Waals surface area (Å²) in [6.45, 7) is 0.836. The monoisotopic (exact) mass is 485 g/mol. The molecule has 1 spiro atoms. The Morgan fingerprint density at radius 2 is 1.65 bits per heavy atom. The van der Waals surface area contributed by atoms with Gasteiger partial charge in [-0.3, -0.25) is 0 Å². The van der Waals surface area contributed by atoms with E-state index in [1.807, 2.05) is 7.05 Å². The Hall–Kier alpha value is -0.400. The van der Waals surface area contributed by atoms with Crippen molar-refractivity contribution >= 4 is 0 Å². The van der Waals surface area contributed by atoms with Crippen molar-refractivity contribution in [3.63, 3.8) is 0 Å². The molecule has 0 amide bonds. The number of piperidine rings is 1. The van der Waals surface area contributed by atoms with E-state index in [9.17, 15) is 25.5 Å². The van der Waals surface area contributed by atoms with E-state index in [1.165, 1.54) is 7.11 Å². The minimum atomic E-state index is -1.76. The third-order valence-corrected chi connectivity index (χ3v) is 11.4. The average molecular weight is 486 g/mol. The van der Waals surface area contributed by atoms with Crippen molar-refractivity contribution in [2.24, 2.45) is 34.5 Å². The number of rotatable bonds is 5. The Bertz CT molecular complexity index is 862. The molecule has 0 radical (unpaired) electrons. The lowest BCUT2D eigenvalue weighted by molar-refractivity contribution is -0.319. The first kappa shape index (κ1) is 24.0. The topological polar surface area (TPSA) is 141 Å². The van der Waals surface area contributed by atoms with Crippen molar-refractivity contribution in [1.29, 1.82) is 0 Å². The largest absolute Gasteiger partial charge is 0.392 e. The number of ether oxygens (including phenoxy) is 4. The number of methoxy groups -OCH3 is 4. The van der Waals surface area contributed by atoms with Gasteiger partial charge >= 0.3 is 0 Å². The molecule has 1 aliphatic heterocycles. The second-order valence-corrected chi connectivity index (χ2v) is 12.0. The van der Waals surface area contributed by atoms with Crippen LogP contribution < -0.4 is 0 Å². The molecule has 7 bridgehead atoms. The first-order chi connectivity index (χ1) is 16.1. The van der Waals surface area contributed by atoms with Gasteiger partial charge in [0.1, 0.15) is 23.4 Å². The highest BCUT2D eigenvalue weighted by Gasteiger charge is 2.90. The lowest BCUT2D eigenvalue weighted by atomic mass is 9.42. The minimum absolute atomic E-state index is 0.153. The molecule has 10 heteroatoms. The van der Waals surface area contributed by atoms with Crippen molar-refractivity contribution in [2.45, 2.75) is 66.7 Å². The summed E-state index contributed by atoms with van der Waals surface area (Å²) in [6, 6.07) is -0.254. The van der Waals surface area contributed by atoms with Gasteiger partial charge in [-0.15, -0.1) is 0 Å². The summed E-state index contributed by atoms with van der Waals surface area (Å²) in [7, 11) is 8.24. The van der Waals surface area contributed by atoms with Crippen LogP contribution in [0.2, 0.25) is 0 Å². The molecule has 15 atom stereocenters. The van der Waals surface area contributed by atoms with Crippen molar-refractivity contribution in [2.75, 3.05) is 48.6 Å². The Morgan fingerprint density at radius 3 is 2.24 bits per heavy atom. The maximum absolute atomic E-state index is 12.5. The lowest BCUT2D eigenvalue weighted by Crippen LogP contribution is -2.80. The second-order valence-electron chi connectivity index (χ2n) is 12.0. The van der Waals surface area contributed by atoms with E-state index in [1.54, 1.807) is 21.3 Å². The predicted molar refractivity (Wildman–Crippen MR) is 117 cm³/mol. The Morgan fingerprint density at radius 1 is 0.941 bits per heavy atom. The summed E-state index contributed by atoms with van der Waals surface area (Å²) < 4.78 is 23.6. The molecule has 0 aromatic heterocycles. The molecule has 5 saturated carbocycles. The highest BCUT2D eigenvalue weighted by Crippen LogP contribution is 2.79. The molecule has 0 aromatic rings. The van der Waals surface area contributed by atoms with E-state index in [0.717, 1.165) is 0 Å². The minimum Gasteiger partial charge on any atom is -0.392 e. The van der Waals surface area contributed by atoms with Crippen LogP contribution in [0.25, 0.3) is 0 Å². The van der Waals surface area contributed by atoms with Gasteiger partial charge in [0.2, 0.25) is 0 Å². The molecule has 1 heterocycles. The van der Waals surface area contributed by atoms with Gasteiger partial charge < -0.3 is 49.4 Å². The molecule has 194 valence electrons. The number of hydrogen-bond donors (Lipinski definition) is 5. The number of aliphatic hydroxyl groups excluding tert-OH is 3. The summed E-state index contributed by atoms with van der Waals surface area (Å²) in [5.41, 5.74) is -4.81. The van der Waals surface area contributed by atoms with Gasteiger partial charge in [-0.25, -0.2) is 0 Å². The van der Waals surface area contributed by atoms with Crippen LogP contribution in [-0.2, 0) is 18.9 Å². The standard InChI is InChI=1S/C24H39NO9/c1-25-8-21(9-31-2)11(26)6-12(32-3)23-10-7-22(29)18(27)13(10)24(30,19(28)20(22)34-5)14(17(23)25)15(33-4)16(21)23/h10-20,26-30H,6-9H2,1-5H3/t10-,11-,12+,13-,14-,15+,16-,17-,18-,19+,20+,21+,22-,23+,24-/m1/s1. The molecule has 6 fully saturated rings. The SMILES string of the molecule is COC[C@]12CN(C)[C@@H]3[C@H]4[C@H](OC)[C@H]1[C@@]3([C@@H](OC)C[C@H]2O)[C@@H]1C[C@@]2(O)[C@H](O)[C@@H]1[C@]4(O)[C@@H](O)[C@@H]2OC. The van der Waals surface area contributed by atoms with Crippen molar-refractivity contribution in [1.82, 2.24) is 4.90 Å². The first-order valence-electron chi connectivity index (χ1n) is 12.3. The van der Waals surface area contributed by atoms with Crippen molar-refractivity contribution in [3.05, 3.63) is 0 Å². The van der Waals surface area contributed by atoms with Crippen molar-refractivity contribution < 1.29 is 44.5 Å². The van der Waals surface area contributed by atoms with E-state index in [-0.39, 0.29) is 18.4 Å². The van der Waals surface area contributed by atoms with Crippen molar-refractivity contribution in [3.8, 4) is 0 Å². The van der Waals surface area contributed by atoms with Gasteiger partial charge in [0.15, 0.2) is 0 Å². The molecule has 1 saturated heterocycles. The molecule has 0 unspecified atom stereocenters. The maximum Gasteiger partial charge on any atom is 0.120 e. The number of fused-ring (bicyclic) bond motifs is 2. The Balaban J connectivity index is 1.67. The number of likely N-dealkylation sites (tertiary alicyclic amines) is 1. The summed E-state index contributed by atoms with van der Waals surface area (Å²) >= 11 is 0. The summed E-state index contributed by atoms with van der Waals surface area (Å²) in [6.07, 6.45) is -4.96. The van der Waals surface area contributed by atoms with Gasteiger partial charge in [0.25, 0.3) is 0 Å². The molecule has 0 aromatic carbocycles. The predicted octanol–water partition coefficient (Wildman–Crippen LogP) is -2.18. The zero-order chi connectivity index (χ0) is 24.6. The van der Waals surface area contributed by atoms with Crippen LogP contribution in [0.4, 0.5) is 0 Å². The number of aliphatic hydroxyl groups is 5. The molecule has 34 heavy (non-hydrogen) atoms. The molecule has 6 rings (SSSR count). The zero-order valence-corrected chi connectivity index (χ0v) is 20.5. The third kappa shape index (κ3) is 2.14. The lowest BCUT2D eigenvalue weighted by Gasteiger charge is -2.69. The molecular weight excluding hydrogens is 446 g/mol. The smallest absolute Gasteiger partial charge is 0.120 e. The molecule has 6 aliphatic rings. The normalized spacial score (nSPS) is 63.9. The van der Waals surface area contributed by atoms with Crippen LogP contribution in [0.3, 0.4) is 0 Å². The van der Waals surface area contributed by atoms with Crippen LogP contribution in [0, 0.1) is 34.5 Å². The molecule has 5 aliphatic carbocycles. The van der Waals surface area contributed by atoms with E-state index >= 15 is 0 Å². The highest BCUT2D eigenvalue weighted by atomic mass is 16.5. The van der Waals surface area contributed by atoms with Crippen LogP contribution in [0.1, 0.15) is 12.8 Å². The first-order valence-corrected chi connectivity index (χ1v) is 12.3. The summed E-state index contributed by atoms with van der Waals surface area (Å²) in [5.74, 6) is -2.05. The van der Waals surface area contributed by atoms with Crippen LogP contribution >= 0.6 is 0 Å². The highest BCUT2D eigenvalue weighted by molar-refractivity contribution is 5.39. The molecule has 5 N–H and O–H groups in total. The van der Waals surface area contributed by atoms with Gasteiger partial charge in [-0.2, -0.15) is 0 Å². The van der Waals surface area contributed by atoms with E-state index < -0.39 is 76.4 Å². The fraction of sp³-hybridized carbons (Fsp3) is 1.00. The van der Waals surface area contributed by atoms with Gasteiger partial charge in [-0.1, -0.05) is 0 Å². The summed E-state index contributed by atoms with van der Waals surface area (Å²) in [4.78, 5) is 2.17. The van der Waals surface area contributed by atoms with E-state index in [0.29, 0.717) is 19.6 Å². The average Bonchev–Trinajstić information content (AvgIpc) is 3.17. The zero-order valence-electron chi connectivity index (χ0n) is 20.5. The number of nitrogens with zero attached hydrogens (tertiary/aromatic N) is 1. The molecular formula is C24H39NO9. The summed E-state index contributed by atoms with van der Waals surface area (Å²) in [5, 5.41) is 58.9. The second kappa shape index (κ2) is 7.12. The Labute approximate surface area is 199 Å².